The van der Waals surface area contributed by atoms with Gasteiger partial charge in [-0.2, -0.15) is 0 Å². The number of hydrogen-bond acceptors (Lipinski definition) is 5. The average molecular weight is 336 g/mol. The summed E-state index contributed by atoms with van der Waals surface area (Å²) in [6.45, 7) is 3.46. The van der Waals surface area contributed by atoms with E-state index in [0.29, 0.717) is 32.8 Å². The van der Waals surface area contributed by atoms with Crippen molar-refractivity contribution in [3.8, 4) is 5.75 Å². The normalized spacial score (nSPS) is 17.0. The monoisotopic (exact) mass is 336 g/mol. The van der Waals surface area contributed by atoms with E-state index in [1.807, 2.05) is 29.2 Å². The molecule has 1 saturated heterocycles. The first-order chi connectivity index (χ1) is 11.7. The molecule has 1 aliphatic rings. The molecule has 1 aromatic carbocycles. The minimum absolute atomic E-state index is 0.0625. The number of rotatable bonds is 10. The van der Waals surface area contributed by atoms with E-state index in [2.05, 4.69) is 5.32 Å². The molecule has 1 amide bonds. The van der Waals surface area contributed by atoms with Crippen LogP contribution in [-0.2, 0) is 20.8 Å². The quantitative estimate of drug-likeness (QED) is 0.655. The molecule has 24 heavy (non-hydrogen) atoms. The third kappa shape index (κ3) is 5.78. The van der Waals surface area contributed by atoms with Gasteiger partial charge in [0.1, 0.15) is 5.75 Å². The maximum absolute atomic E-state index is 12.6. The molecule has 1 N–H and O–H groups in total. The molecule has 0 radical (unpaired) electrons. The lowest BCUT2D eigenvalue weighted by atomic mass is 10.1. The van der Waals surface area contributed by atoms with Crippen LogP contribution < -0.4 is 10.1 Å². The molecule has 2 rings (SSSR count). The van der Waals surface area contributed by atoms with Crippen LogP contribution in [0.1, 0.15) is 18.4 Å². The predicted molar refractivity (Wildman–Crippen MR) is 92.1 cm³/mol. The van der Waals surface area contributed by atoms with Crippen molar-refractivity contribution >= 4 is 5.91 Å². The first-order valence-electron chi connectivity index (χ1n) is 8.45. The summed E-state index contributed by atoms with van der Waals surface area (Å²) in [5.41, 5.74) is 1.00. The van der Waals surface area contributed by atoms with Crippen LogP contribution in [0, 0.1) is 0 Å². The number of amides is 1. The van der Waals surface area contributed by atoms with Gasteiger partial charge in [-0.25, -0.2) is 0 Å². The van der Waals surface area contributed by atoms with Crippen LogP contribution in [0.15, 0.2) is 24.3 Å². The van der Waals surface area contributed by atoms with Gasteiger partial charge in [-0.05, 0) is 18.9 Å². The fraction of sp³-hybridized carbons (Fsp3) is 0.611. The van der Waals surface area contributed by atoms with Crippen molar-refractivity contribution in [1.29, 1.82) is 0 Å². The van der Waals surface area contributed by atoms with Gasteiger partial charge in [-0.15, -0.1) is 0 Å². The SMILES string of the molecule is COCCNCC(=O)N(Cc1ccccc1OC)CC1CCCO1. The number of hydrogen-bond donors (Lipinski definition) is 1. The van der Waals surface area contributed by atoms with E-state index in [9.17, 15) is 4.79 Å². The first kappa shape index (κ1) is 18.7. The zero-order valence-corrected chi connectivity index (χ0v) is 14.6. The minimum atomic E-state index is 0.0625. The van der Waals surface area contributed by atoms with E-state index in [1.165, 1.54) is 0 Å². The molecule has 0 bridgehead atoms. The van der Waals surface area contributed by atoms with Gasteiger partial charge in [0.05, 0.1) is 26.4 Å². The minimum Gasteiger partial charge on any atom is -0.496 e. The average Bonchev–Trinajstić information content (AvgIpc) is 3.11. The van der Waals surface area contributed by atoms with Crippen LogP contribution >= 0.6 is 0 Å². The Labute approximate surface area is 144 Å². The number of carbonyl (C=O) groups is 1. The Morgan fingerprint density at radius 3 is 2.92 bits per heavy atom. The van der Waals surface area contributed by atoms with Crippen LogP contribution in [0.25, 0.3) is 0 Å². The predicted octanol–water partition coefficient (Wildman–Crippen LogP) is 1.44. The zero-order valence-electron chi connectivity index (χ0n) is 14.6. The maximum atomic E-state index is 12.6. The molecule has 1 unspecified atom stereocenters. The van der Waals surface area contributed by atoms with Crippen molar-refractivity contribution in [1.82, 2.24) is 10.2 Å². The molecule has 1 atom stereocenters. The molecule has 6 heteroatoms. The Hall–Kier alpha value is -1.63. The van der Waals surface area contributed by atoms with Gasteiger partial charge in [0.15, 0.2) is 0 Å². The van der Waals surface area contributed by atoms with E-state index >= 15 is 0 Å². The Balaban J connectivity index is 1.99. The van der Waals surface area contributed by atoms with Gasteiger partial charge in [0.2, 0.25) is 5.91 Å². The highest BCUT2D eigenvalue weighted by Gasteiger charge is 2.23. The molecular weight excluding hydrogens is 308 g/mol. The summed E-state index contributed by atoms with van der Waals surface area (Å²) < 4.78 is 16.1. The topological polar surface area (TPSA) is 60.0 Å². The fourth-order valence-corrected chi connectivity index (χ4v) is 2.81. The summed E-state index contributed by atoms with van der Waals surface area (Å²) in [4.78, 5) is 14.5. The molecule has 1 aliphatic heterocycles. The third-order valence-electron chi connectivity index (χ3n) is 4.11. The van der Waals surface area contributed by atoms with Gasteiger partial charge in [-0.1, -0.05) is 18.2 Å². The smallest absolute Gasteiger partial charge is 0.236 e. The van der Waals surface area contributed by atoms with Crippen LogP contribution in [-0.4, -0.2) is 64.0 Å². The number of carbonyl (C=O) groups excluding carboxylic acids is 1. The van der Waals surface area contributed by atoms with Crippen molar-refractivity contribution < 1.29 is 19.0 Å². The van der Waals surface area contributed by atoms with E-state index in [4.69, 9.17) is 14.2 Å². The summed E-state index contributed by atoms with van der Waals surface area (Å²) in [6, 6.07) is 7.80. The van der Waals surface area contributed by atoms with Crippen molar-refractivity contribution in [2.24, 2.45) is 0 Å². The number of benzene rings is 1. The summed E-state index contributed by atoms with van der Waals surface area (Å²) >= 11 is 0. The van der Waals surface area contributed by atoms with Gasteiger partial charge in [-0.3, -0.25) is 4.79 Å². The van der Waals surface area contributed by atoms with Crippen LogP contribution in [0.3, 0.4) is 0 Å². The number of nitrogens with zero attached hydrogens (tertiary/aromatic N) is 1. The largest absolute Gasteiger partial charge is 0.496 e. The van der Waals surface area contributed by atoms with Gasteiger partial charge < -0.3 is 24.4 Å². The standard InChI is InChI=1S/C18H28N2O4/c1-22-11-9-19-12-18(21)20(14-16-7-5-10-24-16)13-15-6-3-4-8-17(15)23-2/h3-4,6,8,16,19H,5,7,9-14H2,1-2H3. The van der Waals surface area contributed by atoms with Gasteiger partial charge in [0, 0.05) is 38.9 Å². The molecule has 0 saturated carbocycles. The number of para-hydroxylation sites is 1. The molecule has 1 heterocycles. The lowest BCUT2D eigenvalue weighted by Crippen LogP contribution is -2.42. The molecule has 6 nitrogen and oxygen atoms in total. The van der Waals surface area contributed by atoms with Crippen molar-refractivity contribution in [3.05, 3.63) is 29.8 Å². The third-order valence-corrected chi connectivity index (χ3v) is 4.11. The van der Waals surface area contributed by atoms with Crippen molar-refractivity contribution in [2.75, 3.05) is 47.1 Å². The van der Waals surface area contributed by atoms with E-state index in [-0.39, 0.29) is 12.0 Å². The van der Waals surface area contributed by atoms with Gasteiger partial charge in [0.25, 0.3) is 0 Å². The fourth-order valence-electron chi connectivity index (χ4n) is 2.81. The summed E-state index contributed by atoms with van der Waals surface area (Å²) in [5.74, 6) is 0.863. The second kappa shape index (κ2) is 10.3. The Bertz CT molecular complexity index is 504. The lowest BCUT2D eigenvalue weighted by Gasteiger charge is -2.26. The molecule has 0 aromatic heterocycles. The van der Waals surface area contributed by atoms with Crippen molar-refractivity contribution in [2.45, 2.75) is 25.5 Å². The van der Waals surface area contributed by atoms with E-state index < -0.39 is 0 Å². The maximum Gasteiger partial charge on any atom is 0.236 e. The number of nitrogens with one attached hydrogen (secondary N) is 1. The highest BCUT2D eigenvalue weighted by Crippen LogP contribution is 2.21. The highest BCUT2D eigenvalue weighted by atomic mass is 16.5. The summed E-state index contributed by atoms with van der Waals surface area (Å²) in [7, 11) is 3.30. The molecule has 0 spiro atoms. The highest BCUT2D eigenvalue weighted by molar-refractivity contribution is 5.78. The summed E-state index contributed by atoms with van der Waals surface area (Å²) in [6.07, 6.45) is 2.20. The second-order valence-corrected chi connectivity index (χ2v) is 5.89. The molecular formula is C18H28N2O4. The Morgan fingerprint density at radius 2 is 2.21 bits per heavy atom. The Morgan fingerprint density at radius 1 is 1.38 bits per heavy atom. The molecule has 134 valence electrons. The van der Waals surface area contributed by atoms with E-state index in [0.717, 1.165) is 30.8 Å². The Kier molecular flexibility index (Phi) is 8.01. The van der Waals surface area contributed by atoms with E-state index in [1.54, 1.807) is 14.2 Å². The number of methoxy groups -OCH3 is 2. The number of ether oxygens (including phenoxy) is 3. The molecule has 1 fully saturated rings. The first-order valence-corrected chi connectivity index (χ1v) is 8.45. The lowest BCUT2D eigenvalue weighted by molar-refractivity contribution is -0.132. The van der Waals surface area contributed by atoms with Crippen molar-refractivity contribution in [3.63, 3.8) is 0 Å². The zero-order chi connectivity index (χ0) is 17.2. The van der Waals surface area contributed by atoms with Gasteiger partial charge >= 0.3 is 0 Å². The molecule has 1 aromatic rings. The molecule has 0 aliphatic carbocycles. The summed E-state index contributed by atoms with van der Waals surface area (Å²) in [5, 5.41) is 3.12. The van der Waals surface area contributed by atoms with Crippen LogP contribution in [0.4, 0.5) is 0 Å². The van der Waals surface area contributed by atoms with Crippen LogP contribution in [0.2, 0.25) is 0 Å². The van der Waals surface area contributed by atoms with Crippen LogP contribution in [0.5, 0.6) is 5.75 Å². The second-order valence-electron chi connectivity index (χ2n) is 5.89.